The molecule has 1 aromatic heterocycles. The maximum atomic E-state index is 12.1. The quantitative estimate of drug-likeness (QED) is 0.353. The summed E-state index contributed by atoms with van der Waals surface area (Å²) in [6.45, 7) is 4.66. The van der Waals surface area contributed by atoms with Crippen molar-refractivity contribution in [1.29, 1.82) is 0 Å². The lowest BCUT2D eigenvalue weighted by Gasteiger charge is -2.20. The third kappa shape index (κ3) is 3.73. The SMILES string of the molecule is CCN(CC/C(N)=N/O)C(=O)c1cccc(C)n1. The normalized spacial score (nSPS) is 11.3. The summed E-state index contributed by atoms with van der Waals surface area (Å²) in [5, 5.41) is 11.3. The molecule has 3 N–H and O–H groups in total. The Kier molecular flexibility index (Phi) is 5.10. The summed E-state index contributed by atoms with van der Waals surface area (Å²) in [5.74, 6) is -0.0367. The fraction of sp³-hybridized carbons (Fsp3) is 0.417. The predicted octanol–water partition coefficient (Wildman–Crippen LogP) is 0.989. The highest BCUT2D eigenvalue weighted by Crippen LogP contribution is 2.04. The average molecular weight is 250 g/mol. The van der Waals surface area contributed by atoms with Crippen LogP contribution in [-0.2, 0) is 0 Å². The molecular formula is C12H18N4O2. The number of hydrogen-bond donors (Lipinski definition) is 2. The standard InChI is InChI=1S/C12H18N4O2/c1-3-16(8-7-11(13)15-18)12(17)10-6-4-5-9(2)14-10/h4-6,18H,3,7-8H2,1-2H3,(H2,13,15). The van der Waals surface area contributed by atoms with E-state index >= 15 is 0 Å². The Balaban J connectivity index is 2.73. The molecule has 0 bridgehead atoms. The van der Waals surface area contributed by atoms with E-state index in [9.17, 15) is 4.79 Å². The van der Waals surface area contributed by atoms with Crippen molar-refractivity contribution in [3.05, 3.63) is 29.6 Å². The molecule has 0 saturated heterocycles. The molecule has 0 aromatic carbocycles. The topological polar surface area (TPSA) is 91.8 Å². The molecule has 6 nitrogen and oxygen atoms in total. The van der Waals surface area contributed by atoms with Crippen LogP contribution in [0, 0.1) is 6.92 Å². The van der Waals surface area contributed by atoms with E-state index < -0.39 is 0 Å². The molecule has 6 heteroatoms. The van der Waals surface area contributed by atoms with Crippen molar-refractivity contribution in [1.82, 2.24) is 9.88 Å². The summed E-state index contributed by atoms with van der Waals surface area (Å²) < 4.78 is 0. The summed E-state index contributed by atoms with van der Waals surface area (Å²) in [6.07, 6.45) is 0.335. The van der Waals surface area contributed by atoms with Crippen LogP contribution in [-0.4, -0.2) is 39.9 Å². The van der Waals surface area contributed by atoms with E-state index in [-0.39, 0.29) is 11.7 Å². The first-order valence-corrected chi connectivity index (χ1v) is 5.77. The Morgan fingerprint density at radius 3 is 2.83 bits per heavy atom. The van der Waals surface area contributed by atoms with Crippen molar-refractivity contribution in [3.8, 4) is 0 Å². The van der Waals surface area contributed by atoms with Gasteiger partial charge in [-0.25, -0.2) is 4.98 Å². The first-order valence-electron chi connectivity index (χ1n) is 5.77. The molecule has 0 unspecified atom stereocenters. The van der Waals surface area contributed by atoms with Gasteiger partial charge in [0, 0.05) is 25.2 Å². The molecule has 18 heavy (non-hydrogen) atoms. The second-order valence-electron chi connectivity index (χ2n) is 3.89. The molecule has 98 valence electrons. The number of hydrogen-bond acceptors (Lipinski definition) is 4. The molecular weight excluding hydrogens is 232 g/mol. The van der Waals surface area contributed by atoms with Gasteiger partial charge in [0.15, 0.2) is 0 Å². The zero-order chi connectivity index (χ0) is 13.5. The van der Waals surface area contributed by atoms with Gasteiger partial charge in [0.1, 0.15) is 11.5 Å². The van der Waals surface area contributed by atoms with E-state index in [0.29, 0.717) is 25.2 Å². The Morgan fingerprint density at radius 1 is 1.56 bits per heavy atom. The largest absolute Gasteiger partial charge is 0.409 e. The molecule has 0 aliphatic rings. The number of amides is 1. The smallest absolute Gasteiger partial charge is 0.272 e. The summed E-state index contributed by atoms with van der Waals surface area (Å²) >= 11 is 0. The van der Waals surface area contributed by atoms with Crippen LogP contribution >= 0.6 is 0 Å². The minimum atomic E-state index is -0.146. The summed E-state index contributed by atoms with van der Waals surface area (Å²) in [5.41, 5.74) is 6.60. The number of nitrogens with two attached hydrogens (primary N) is 1. The van der Waals surface area contributed by atoms with E-state index in [1.807, 2.05) is 19.9 Å². The zero-order valence-corrected chi connectivity index (χ0v) is 10.6. The van der Waals surface area contributed by atoms with E-state index in [4.69, 9.17) is 10.9 Å². The zero-order valence-electron chi connectivity index (χ0n) is 10.6. The van der Waals surface area contributed by atoms with E-state index in [1.165, 1.54) is 0 Å². The van der Waals surface area contributed by atoms with Gasteiger partial charge < -0.3 is 15.8 Å². The number of carbonyl (C=O) groups is 1. The minimum Gasteiger partial charge on any atom is -0.409 e. The number of oxime groups is 1. The number of rotatable bonds is 5. The maximum absolute atomic E-state index is 12.1. The lowest BCUT2D eigenvalue weighted by molar-refractivity contribution is 0.0762. The fourth-order valence-electron chi connectivity index (χ4n) is 1.53. The van der Waals surface area contributed by atoms with Crippen molar-refractivity contribution in [3.63, 3.8) is 0 Å². The van der Waals surface area contributed by atoms with Crippen LogP contribution in [0.2, 0.25) is 0 Å². The molecule has 1 amide bonds. The first-order chi connectivity index (χ1) is 8.58. The van der Waals surface area contributed by atoms with Crippen LogP contribution in [0.15, 0.2) is 23.4 Å². The van der Waals surface area contributed by atoms with Gasteiger partial charge in [-0.1, -0.05) is 11.2 Å². The molecule has 0 saturated carbocycles. The summed E-state index contributed by atoms with van der Waals surface area (Å²) in [7, 11) is 0. The van der Waals surface area contributed by atoms with E-state index in [0.717, 1.165) is 5.69 Å². The molecule has 0 radical (unpaired) electrons. The highest BCUT2D eigenvalue weighted by atomic mass is 16.4. The van der Waals surface area contributed by atoms with Crippen LogP contribution in [0.3, 0.4) is 0 Å². The Hall–Kier alpha value is -2.11. The molecule has 1 rings (SSSR count). The number of aromatic nitrogens is 1. The Bertz CT molecular complexity index is 445. The molecule has 0 fully saturated rings. The number of carbonyl (C=O) groups excluding carboxylic acids is 1. The van der Waals surface area contributed by atoms with Gasteiger partial charge in [0.25, 0.3) is 5.91 Å². The third-order valence-corrected chi connectivity index (χ3v) is 2.54. The van der Waals surface area contributed by atoms with Gasteiger partial charge in [0.05, 0.1) is 0 Å². The highest BCUT2D eigenvalue weighted by Gasteiger charge is 2.15. The molecule has 0 spiro atoms. The first kappa shape index (κ1) is 14.0. The molecule has 1 heterocycles. The van der Waals surface area contributed by atoms with E-state index in [1.54, 1.807) is 17.0 Å². The van der Waals surface area contributed by atoms with Crippen LogP contribution in [0.1, 0.15) is 29.5 Å². The van der Waals surface area contributed by atoms with Gasteiger partial charge in [-0.3, -0.25) is 4.79 Å². The summed E-state index contributed by atoms with van der Waals surface area (Å²) in [4.78, 5) is 17.9. The van der Waals surface area contributed by atoms with Gasteiger partial charge >= 0.3 is 0 Å². The predicted molar refractivity (Wildman–Crippen MR) is 68.6 cm³/mol. The lowest BCUT2D eigenvalue weighted by Crippen LogP contribution is -2.34. The molecule has 0 atom stereocenters. The minimum absolute atomic E-state index is 0.110. The number of nitrogens with zero attached hydrogens (tertiary/aromatic N) is 3. The van der Waals surface area contributed by atoms with Gasteiger partial charge in [-0.2, -0.15) is 0 Å². The van der Waals surface area contributed by atoms with Crippen molar-refractivity contribution < 1.29 is 10.0 Å². The van der Waals surface area contributed by atoms with Gasteiger partial charge in [-0.05, 0) is 26.0 Å². The second kappa shape index (κ2) is 6.58. The van der Waals surface area contributed by atoms with Crippen molar-refractivity contribution in [2.45, 2.75) is 20.3 Å². The number of pyridine rings is 1. The van der Waals surface area contributed by atoms with Gasteiger partial charge in [-0.15, -0.1) is 0 Å². The monoisotopic (exact) mass is 250 g/mol. The third-order valence-electron chi connectivity index (χ3n) is 2.54. The maximum Gasteiger partial charge on any atom is 0.272 e. The van der Waals surface area contributed by atoms with Crippen molar-refractivity contribution in [2.75, 3.05) is 13.1 Å². The highest BCUT2D eigenvalue weighted by molar-refractivity contribution is 5.92. The molecule has 0 aliphatic carbocycles. The fourth-order valence-corrected chi connectivity index (χ4v) is 1.53. The number of aryl methyl sites for hydroxylation is 1. The molecule has 0 aliphatic heterocycles. The van der Waals surface area contributed by atoms with Crippen LogP contribution in [0.5, 0.6) is 0 Å². The second-order valence-corrected chi connectivity index (χ2v) is 3.89. The Labute approximate surface area is 106 Å². The van der Waals surface area contributed by atoms with Crippen molar-refractivity contribution >= 4 is 11.7 Å². The number of amidine groups is 1. The average Bonchev–Trinajstić information content (AvgIpc) is 2.38. The Morgan fingerprint density at radius 2 is 2.28 bits per heavy atom. The van der Waals surface area contributed by atoms with Crippen LogP contribution in [0.25, 0.3) is 0 Å². The lowest BCUT2D eigenvalue weighted by atomic mass is 10.2. The van der Waals surface area contributed by atoms with Crippen molar-refractivity contribution in [2.24, 2.45) is 10.9 Å². The van der Waals surface area contributed by atoms with Gasteiger partial charge in [0.2, 0.25) is 0 Å². The van der Waals surface area contributed by atoms with Crippen LogP contribution in [0.4, 0.5) is 0 Å². The van der Waals surface area contributed by atoms with E-state index in [2.05, 4.69) is 10.1 Å². The summed E-state index contributed by atoms with van der Waals surface area (Å²) in [6, 6.07) is 5.32. The molecule has 1 aromatic rings. The van der Waals surface area contributed by atoms with Crippen LogP contribution < -0.4 is 5.73 Å².